The summed E-state index contributed by atoms with van der Waals surface area (Å²) in [6, 6.07) is 0. The first-order valence-electron chi connectivity index (χ1n) is 8.21. The molecule has 2 rings (SSSR count). The summed E-state index contributed by atoms with van der Waals surface area (Å²) in [5.41, 5.74) is -0.493. The molecule has 0 aromatic rings. The lowest BCUT2D eigenvalue weighted by Gasteiger charge is -2.37. The molecule has 22 heavy (non-hydrogen) atoms. The van der Waals surface area contributed by atoms with E-state index < -0.39 is 5.60 Å². The number of aliphatic hydroxyl groups excluding tert-OH is 1. The van der Waals surface area contributed by atoms with E-state index in [1.165, 1.54) is 0 Å². The molecule has 0 aromatic carbocycles. The first-order valence-corrected chi connectivity index (χ1v) is 8.21. The molecule has 126 valence electrons. The van der Waals surface area contributed by atoms with Gasteiger partial charge in [0.2, 0.25) is 5.91 Å². The molecule has 2 fully saturated rings. The Morgan fingerprint density at radius 1 is 0.955 bits per heavy atom. The zero-order chi connectivity index (χ0) is 16.3. The number of carbonyl (C=O) groups excluding carboxylic acids is 2. The highest BCUT2D eigenvalue weighted by atomic mass is 16.6. The SMILES string of the molecule is CC(C)(C)OC(=O)N1CCN(C(=O)C2CCC(O)CC2)CC1. The van der Waals surface area contributed by atoms with Gasteiger partial charge in [-0.3, -0.25) is 4.79 Å². The Morgan fingerprint density at radius 3 is 1.95 bits per heavy atom. The Kier molecular flexibility index (Phi) is 5.32. The van der Waals surface area contributed by atoms with E-state index >= 15 is 0 Å². The van der Waals surface area contributed by atoms with Crippen LogP contribution in [0.15, 0.2) is 0 Å². The quantitative estimate of drug-likeness (QED) is 0.799. The van der Waals surface area contributed by atoms with E-state index in [1.807, 2.05) is 25.7 Å². The lowest BCUT2D eigenvalue weighted by molar-refractivity contribution is -0.139. The maximum atomic E-state index is 12.5. The fourth-order valence-corrected chi connectivity index (χ4v) is 3.02. The van der Waals surface area contributed by atoms with Gasteiger partial charge in [-0.25, -0.2) is 4.79 Å². The zero-order valence-electron chi connectivity index (χ0n) is 13.9. The van der Waals surface area contributed by atoms with Crippen LogP contribution in [0, 0.1) is 5.92 Å². The van der Waals surface area contributed by atoms with Crippen molar-refractivity contribution < 1.29 is 19.4 Å². The summed E-state index contributed by atoms with van der Waals surface area (Å²) >= 11 is 0. The number of ether oxygens (including phenoxy) is 1. The van der Waals surface area contributed by atoms with Crippen LogP contribution in [-0.4, -0.2) is 64.8 Å². The fourth-order valence-electron chi connectivity index (χ4n) is 3.02. The van der Waals surface area contributed by atoms with Crippen LogP contribution in [0.5, 0.6) is 0 Å². The normalized spacial score (nSPS) is 26.7. The molecule has 2 amide bonds. The van der Waals surface area contributed by atoms with Gasteiger partial charge in [0.15, 0.2) is 0 Å². The van der Waals surface area contributed by atoms with Crippen molar-refractivity contribution in [2.45, 2.75) is 58.2 Å². The van der Waals surface area contributed by atoms with Gasteiger partial charge in [0.25, 0.3) is 0 Å². The number of hydrogen-bond acceptors (Lipinski definition) is 4. The third-order valence-electron chi connectivity index (χ3n) is 4.29. The number of piperazine rings is 1. The minimum absolute atomic E-state index is 0.0384. The molecule has 1 N–H and O–H groups in total. The van der Waals surface area contributed by atoms with Crippen LogP contribution >= 0.6 is 0 Å². The summed E-state index contributed by atoms with van der Waals surface area (Å²) in [4.78, 5) is 28.0. The summed E-state index contributed by atoms with van der Waals surface area (Å²) < 4.78 is 5.36. The highest BCUT2D eigenvalue weighted by molar-refractivity contribution is 5.79. The van der Waals surface area contributed by atoms with Crippen LogP contribution in [0.3, 0.4) is 0 Å². The Labute approximate surface area is 132 Å². The number of nitrogens with zero attached hydrogens (tertiary/aromatic N) is 2. The maximum absolute atomic E-state index is 12.5. The van der Waals surface area contributed by atoms with E-state index in [0.29, 0.717) is 39.0 Å². The lowest BCUT2D eigenvalue weighted by atomic mass is 9.86. The van der Waals surface area contributed by atoms with E-state index in [-0.39, 0.29) is 24.0 Å². The number of carbonyl (C=O) groups is 2. The van der Waals surface area contributed by atoms with E-state index in [2.05, 4.69) is 0 Å². The van der Waals surface area contributed by atoms with Crippen LogP contribution in [0.25, 0.3) is 0 Å². The number of rotatable bonds is 1. The van der Waals surface area contributed by atoms with Gasteiger partial charge in [0.1, 0.15) is 5.60 Å². The minimum atomic E-state index is -0.493. The standard InChI is InChI=1S/C16H28N2O4/c1-16(2,3)22-15(21)18-10-8-17(9-11-18)14(20)12-4-6-13(19)7-5-12/h12-13,19H,4-11H2,1-3H3. The molecule has 0 atom stereocenters. The van der Waals surface area contributed by atoms with Crippen LogP contribution in [0.1, 0.15) is 46.5 Å². The molecule has 6 heteroatoms. The van der Waals surface area contributed by atoms with Crippen molar-refractivity contribution in [3.8, 4) is 0 Å². The van der Waals surface area contributed by atoms with Crippen LogP contribution in [0.4, 0.5) is 4.79 Å². The average molecular weight is 312 g/mol. The van der Waals surface area contributed by atoms with Crippen molar-refractivity contribution >= 4 is 12.0 Å². The van der Waals surface area contributed by atoms with Crippen molar-refractivity contribution in [1.29, 1.82) is 0 Å². The van der Waals surface area contributed by atoms with Gasteiger partial charge in [-0.2, -0.15) is 0 Å². The van der Waals surface area contributed by atoms with Crippen molar-refractivity contribution in [2.24, 2.45) is 5.92 Å². The zero-order valence-corrected chi connectivity index (χ0v) is 13.9. The second kappa shape index (κ2) is 6.86. The summed E-state index contributed by atoms with van der Waals surface area (Å²) in [5.74, 6) is 0.215. The third-order valence-corrected chi connectivity index (χ3v) is 4.29. The molecule has 0 bridgehead atoms. The molecule has 2 aliphatic rings. The smallest absolute Gasteiger partial charge is 0.410 e. The van der Waals surface area contributed by atoms with Crippen molar-refractivity contribution in [3.63, 3.8) is 0 Å². The van der Waals surface area contributed by atoms with E-state index in [0.717, 1.165) is 12.8 Å². The number of hydrogen-bond donors (Lipinski definition) is 1. The molecular weight excluding hydrogens is 284 g/mol. The Hall–Kier alpha value is -1.30. The van der Waals surface area contributed by atoms with Crippen LogP contribution < -0.4 is 0 Å². The molecule has 1 saturated heterocycles. The average Bonchev–Trinajstić information content (AvgIpc) is 2.46. The molecule has 6 nitrogen and oxygen atoms in total. The molecule has 1 aliphatic carbocycles. The molecule has 1 aliphatic heterocycles. The monoisotopic (exact) mass is 312 g/mol. The van der Waals surface area contributed by atoms with Gasteiger partial charge >= 0.3 is 6.09 Å². The van der Waals surface area contributed by atoms with Crippen molar-refractivity contribution in [2.75, 3.05) is 26.2 Å². The minimum Gasteiger partial charge on any atom is -0.444 e. The van der Waals surface area contributed by atoms with E-state index in [9.17, 15) is 14.7 Å². The van der Waals surface area contributed by atoms with Gasteiger partial charge in [0, 0.05) is 32.1 Å². The fraction of sp³-hybridized carbons (Fsp3) is 0.875. The number of aliphatic hydroxyl groups is 1. The van der Waals surface area contributed by atoms with Gasteiger partial charge in [-0.1, -0.05) is 0 Å². The predicted molar refractivity (Wildman–Crippen MR) is 82.4 cm³/mol. The van der Waals surface area contributed by atoms with E-state index in [1.54, 1.807) is 4.90 Å². The summed E-state index contributed by atoms with van der Waals surface area (Å²) in [6.45, 7) is 7.73. The van der Waals surface area contributed by atoms with Gasteiger partial charge in [-0.05, 0) is 46.5 Å². The Bertz CT molecular complexity index is 403. The van der Waals surface area contributed by atoms with Gasteiger partial charge in [-0.15, -0.1) is 0 Å². The molecule has 1 saturated carbocycles. The second-order valence-corrected chi connectivity index (χ2v) is 7.30. The van der Waals surface area contributed by atoms with Crippen LogP contribution in [-0.2, 0) is 9.53 Å². The Balaban J connectivity index is 1.79. The Morgan fingerprint density at radius 2 is 1.45 bits per heavy atom. The van der Waals surface area contributed by atoms with Crippen molar-refractivity contribution in [1.82, 2.24) is 9.80 Å². The molecule has 1 heterocycles. The largest absolute Gasteiger partial charge is 0.444 e. The second-order valence-electron chi connectivity index (χ2n) is 7.30. The first kappa shape index (κ1) is 17.1. The first-order chi connectivity index (χ1) is 10.3. The number of amides is 2. The molecular formula is C16H28N2O4. The van der Waals surface area contributed by atoms with E-state index in [4.69, 9.17) is 4.74 Å². The van der Waals surface area contributed by atoms with Crippen LogP contribution in [0.2, 0.25) is 0 Å². The van der Waals surface area contributed by atoms with Gasteiger partial charge in [0.05, 0.1) is 6.10 Å². The topological polar surface area (TPSA) is 70.1 Å². The predicted octanol–water partition coefficient (Wildman–Crippen LogP) is 1.62. The molecule has 0 unspecified atom stereocenters. The molecule has 0 aromatic heterocycles. The van der Waals surface area contributed by atoms with Gasteiger partial charge < -0.3 is 19.6 Å². The third kappa shape index (κ3) is 4.60. The highest BCUT2D eigenvalue weighted by Crippen LogP contribution is 2.26. The lowest BCUT2D eigenvalue weighted by Crippen LogP contribution is -2.53. The maximum Gasteiger partial charge on any atom is 0.410 e. The molecule has 0 radical (unpaired) electrons. The summed E-state index contributed by atoms with van der Waals surface area (Å²) in [7, 11) is 0. The highest BCUT2D eigenvalue weighted by Gasteiger charge is 2.32. The van der Waals surface area contributed by atoms with Crippen molar-refractivity contribution in [3.05, 3.63) is 0 Å². The molecule has 0 spiro atoms. The summed E-state index contributed by atoms with van der Waals surface area (Å²) in [5, 5.41) is 9.52. The summed E-state index contributed by atoms with van der Waals surface area (Å²) in [6.07, 6.45) is 2.43.